The number of hydrogen-bond donors (Lipinski definition) is 1. The number of carbonyl (C=O) groups excluding carboxylic acids is 3. The lowest BCUT2D eigenvalue weighted by molar-refractivity contribution is -0.154. The van der Waals surface area contributed by atoms with E-state index >= 15 is 0 Å². The van der Waals surface area contributed by atoms with Crippen LogP contribution < -0.4 is 4.90 Å². The van der Waals surface area contributed by atoms with Crippen LogP contribution in [-0.4, -0.2) is 71.3 Å². The van der Waals surface area contributed by atoms with Gasteiger partial charge >= 0.3 is 5.97 Å². The van der Waals surface area contributed by atoms with E-state index in [4.69, 9.17) is 9.47 Å². The summed E-state index contributed by atoms with van der Waals surface area (Å²) in [7, 11) is 0. The Morgan fingerprint density at radius 2 is 1.94 bits per heavy atom. The first-order valence-electron chi connectivity index (χ1n) is 12.8. The molecule has 1 aromatic carbocycles. The number of aliphatic hydroxyl groups is 1. The lowest BCUT2D eigenvalue weighted by atomic mass is 9.78. The van der Waals surface area contributed by atoms with Gasteiger partial charge in [0.1, 0.15) is 24.2 Å². The Morgan fingerprint density at radius 3 is 2.67 bits per heavy atom. The van der Waals surface area contributed by atoms with Crippen molar-refractivity contribution in [3.05, 3.63) is 53.6 Å². The van der Waals surface area contributed by atoms with Gasteiger partial charge in [-0.1, -0.05) is 50.6 Å². The smallest absolute Gasteiger partial charge is 0.313 e. The van der Waals surface area contributed by atoms with Crippen molar-refractivity contribution in [2.45, 2.75) is 57.9 Å². The minimum absolute atomic E-state index is 0.0687. The van der Waals surface area contributed by atoms with Crippen LogP contribution in [0.2, 0.25) is 0 Å². The van der Waals surface area contributed by atoms with Crippen LogP contribution in [-0.2, 0) is 23.9 Å². The number of fused-ring (bicyclic) bond motifs is 2. The molecule has 1 N–H and O–H groups in total. The van der Waals surface area contributed by atoms with Gasteiger partial charge in [0, 0.05) is 12.2 Å². The number of ether oxygens (including phenoxy) is 2. The molecule has 5 rings (SSSR count). The lowest BCUT2D eigenvalue weighted by Crippen LogP contribution is -2.59. The molecule has 36 heavy (non-hydrogen) atoms. The molecule has 2 amide bonds. The highest BCUT2D eigenvalue weighted by Gasteiger charge is 2.72. The summed E-state index contributed by atoms with van der Waals surface area (Å²) in [6, 6.07) is 4.33. The monoisotopic (exact) mass is 494 g/mol. The summed E-state index contributed by atoms with van der Waals surface area (Å²) < 4.78 is 11.9. The first kappa shape index (κ1) is 24.7. The molecule has 0 aromatic heterocycles. The Morgan fingerprint density at radius 1 is 1.17 bits per heavy atom. The van der Waals surface area contributed by atoms with Crippen LogP contribution in [0.25, 0.3) is 0 Å². The fourth-order valence-corrected chi connectivity index (χ4v) is 6.31. The van der Waals surface area contributed by atoms with E-state index in [0.717, 1.165) is 16.8 Å². The number of cyclic esters (lactones) is 1. The van der Waals surface area contributed by atoms with Gasteiger partial charge in [0.25, 0.3) is 5.91 Å². The summed E-state index contributed by atoms with van der Waals surface area (Å²) in [6.07, 6.45) is 7.20. The first-order chi connectivity index (χ1) is 17.2. The largest absolute Gasteiger partial charge is 0.461 e. The topological polar surface area (TPSA) is 96.4 Å². The molecule has 192 valence electrons. The van der Waals surface area contributed by atoms with Crippen LogP contribution in [0.3, 0.4) is 0 Å². The van der Waals surface area contributed by atoms with Crippen LogP contribution in [0, 0.1) is 31.6 Å². The molecule has 1 aromatic rings. The van der Waals surface area contributed by atoms with Crippen molar-refractivity contribution in [3.63, 3.8) is 0 Å². The number of aryl methyl sites for hydroxylation is 2. The highest BCUT2D eigenvalue weighted by Crippen LogP contribution is 2.54. The molecule has 0 bridgehead atoms. The molecule has 0 saturated carbocycles. The number of amides is 2. The number of rotatable bonds is 5. The molecule has 4 heterocycles. The summed E-state index contributed by atoms with van der Waals surface area (Å²) in [5.41, 5.74) is 1.39. The minimum Gasteiger partial charge on any atom is -0.461 e. The molecular formula is C28H34N2O6. The van der Waals surface area contributed by atoms with E-state index in [1.165, 1.54) is 4.90 Å². The zero-order valence-electron chi connectivity index (χ0n) is 21.2. The van der Waals surface area contributed by atoms with Gasteiger partial charge in [0.05, 0.1) is 24.7 Å². The number of anilines is 1. The maximum Gasteiger partial charge on any atom is 0.313 e. The molecule has 2 fully saturated rings. The maximum atomic E-state index is 14.5. The molecule has 4 aliphatic rings. The SMILES string of the molecule is CC[C@H](C)[C@H](CO)N1C(=O)[C@@H]2[C@H]3C(=O)OCC=C[C@H]3O[C@@]23C=CCN(c2cc(C)ccc2C)C(=O)C13. The fraction of sp³-hybridized carbons (Fsp3) is 0.536. The highest BCUT2D eigenvalue weighted by molar-refractivity contribution is 6.06. The third kappa shape index (κ3) is 3.53. The lowest BCUT2D eigenvalue weighted by Gasteiger charge is -2.40. The van der Waals surface area contributed by atoms with Gasteiger partial charge in [0.15, 0.2) is 0 Å². The van der Waals surface area contributed by atoms with E-state index < -0.39 is 41.6 Å². The van der Waals surface area contributed by atoms with E-state index in [1.807, 2.05) is 58.0 Å². The van der Waals surface area contributed by atoms with Crippen molar-refractivity contribution in [1.82, 2.24) is 4.90 Å². The van der Waals surface area contributed by atoms with E-state index in [0.29, 0.717) is 13.0 Å². The molecule has 1 spiro atoms. The van der Waals surface area contributed by atoms with Crippen molar-refractivity contribution in [2.24, 2.45) is 17.8 Å². The van der Waals surface area contributed by atoms with Gasteiger partial charge in [0.2, 0.25) is 5.91 Å². The van der Waals surface area contributed by atoms with E-state index in [2.05, 4.69) is 0 Å². The number of aliphatic hydroxyl groups excluding tert-OH is 1. The molecule has 8 heteroatoms. The first-order valence-corrected chi connectivity index (χ1v) is 12.8. The molecule has 0 aliphatic carbocycles. The number of esters is 1. The second-order valence-corrected chi connectivity index (χ2v) is 10.4. The number of carbonyl (C=O) groups is 3. The van der Waals surface area contributed by atoms with Crippen molar-refractivity contribution in [3.8, 4) is 0 Å². The third-order valence-electron chi connectivity index (χ3n) is 8.35. The maximum absolute atomic E-state index is 14.5. The normalized spacial score (nSPS) is 33.0. The summed E-state index contributed by atoms with van der Waals surface area (Å²) in [5, 5.41) is 10.4. The average Bonchev–Trinajstić information content (AvgIpc) is 3.16. The molecule has 8 nitrogen and oxygen atoms in total. The van der Waals surface area contributed by atoms with Crippen molar-refractivity contribution in [2.75, 3.05) is 24.7 Å². The highest BCUT2D eigenvalue weighted by atomic mass is 16.6. The molecule has 4 aliphatic heterocycles. The van der Waals surface area contributed by atoms with Crippen molar-refractivity contribution in [1.29, 1.82) is 0 Å². The molecular weight excluding hydrogens is 460 g/mol. The second-order valence-electron chi connectivity index (χ2n) is 10.4. The summed E-state index contributed by atoms with van der Waals surface area (Å²) in [4.78, 5) is 44.9. The molecule has 7 atom stereocenters. The van der Waals surface area contributed by atoms with Crippen molar-refractivity contribution < 1.29 is 29.0 Å². The van der Waals surface area contributed by atoms with Gasteiger partial charge in [-0.2, -0.15) is 0 Å². The van der Waals surface area contributed by atoms with Gasteiger partial charge in [-0.05, 0) is 43.0 Å². The average molecular weight is 495 g/mol. The van der Waals surface area contributed by atoms with Crippen LogP contribution in [0.4, 0.5) is 5.69 Å². The quantitative estimate of drug-likeness (QED) is 0.499. The van der Waals surface area contributed by atoms with Crippen LogP contribution >= 0.6 is 0 Å². The molecule has 0 radical (unpaired) electrons. The number of likely N-dealkylation sites (tertiary alicyclic amines) is 1. The standard InChI is InChI=1S/C28H34N2O6/c1-5-17(3)20(15-31)30-24-26(33)29(19-14-16(2)9-10-18(19)4)12-7-11-28(24)23(25(30)32)22-21(36-28)8-6-13-35-27(22)34/h6-11,14,17,20-24,31H,5,12-13,15H2,1-4H3/t17-,20-,21+,22-,23-,24?,28-/m0/s1. The van der Waals surface area contributed by atoms with E-state index in [1.54, 1.807) is 17.1 Å². The van der Waals surface area contributed by atoms with E-state index in [9.17, 15) is 19.5 Å². The Labute approximate surface area is 211 Å². The fourth-order valence-electron chi connectivity index (χ4n) is 6.31. The van der Waals surface area contributed by atoms with Crippen molar-refractivity contribution >= 4 is 23.5 Å². The predicted octanol–water partition coefficient (Wildman–Crippen LogP) is 2.31. The van der Waals surface area contributed by atoms with Crippen LogP contribution in [0.15, 0.2) is 42.5 Å². The Bertz CT molecular complexity index is 1140. The number of benzene rings is 1. The third-order valence-corrected chi connectivity index (χ3v) is 8.35. The number of hydrogen-bond acceptors (Lipinski definition) is 6. The molecule has 2 saturated heterocycles. The Kier molecular flexibility index (Phi) is 6.29. The molecule has 1 unspecified atom stereocenters. The Hall–Kier alpha value is -2.97. The van der Waals surface area contributed by atoms with E-state index in [-0.39, 0.29) is 30.9 Å². The minimum atomic E-state index is -1.34. The Balaban J connectivity index is 1.68. The number of nitrogens with zero attached hydrogens (tertiary/aromatic N) is 2. The predicted molar refractivity (Wildman–Crippen MR) is 133 cm³/mol. The van der Waals surface area contributed by atoms with Gasteiger partial charge in [-0.3, -0.25) is 14.4 Å². The summed E-state index contributed by atoms with van der Waals surface area (Å²) in [6.45, 7) is 8.01. The second kappa shape index (κ2) is 9.16. The summed E-state index contributed by atoms with van der Waals surface area (Å²) >= 11 is 0. The van der Waals surface area contributed by atoms with Gasteiger partial charge < -0.3 is 24.4 Å². The van der Waals surface area contributed by atoms with Crippen LogP contribution in [0.5, 0.6) is 0 Å². The summed E-state index contributed by atoms with van der Waals surface area (Å²) in [5.74, 6) is -2.97. The van der Waals surface area contributed by atoms with Gasteiger partial charge in [-0.25, -0.2) is 0 Å². The van der Waals surface area contributed by atoms with Crippen LogP contribution in [0.1, 0.15) is 31.4 Å². The van der Waals surface area contributed by atoms with Gasteiger partial charge in [-0.15, -0.1) is 0 Å². The zero-order valence-corrected chi connectivity index (χ0v) is 21.2. The zero-order chi connectivity index (χ0) is 25.8.